The van der Waals surface area contributed by atoms with E-state index >= 15 is 0 Å². The molecule has 1 aromatic heterocycles. The first-order valence-corrected chi connectivity index (χ1v) is 7.48. The number of nitrogens with two attached hydrogens (primary N) is 1. The summed E-state index contributed by atoms with van der Waals surface area (Å²) >= 11 is 0. The van der Waals surface area contributed by atoms with Crippen molar-refractivity contribution < 1.29 is 4.79 Å². The fraction of sp³-hybridized carbons (Fsp3) is 0.312. The van der Waals surface area contributed by atoms with Crippen molar-refractivity contribution >= 4 is 23.2 Å². The molecule has 0 bridgehead atoms. The Kier molecular flexibility index (Phi) is 4.18. The molecule has 3 N–H and O–H groups in total. The second-order valence-corrected chi connectivity index (χ2v) is 5.33. The lowest BCUT2D eigenvalue weighted by atomic mass is 10.1. The number of anilines is 3. The monoisotopic (exact) mass is 297 g/mol. The molecule has 114 valence electrons. The lowest BCUT2D eigenvalue weighted by molar-refractivity contribution is 0.0996. The van der Waals surface area contributed by atoms with Crippen molar-refractivity contribution in [1.29, 1.82) is 0 Å². The van der Waals surface area contributed by atoms with Crippen molar-refractivity contribution in [2.75, 3.05) is 23.3 Å². The third-order valence-corrected chi connectivity index (χ3v) is 3.71. The van der Waals surface area contributed by atoms with E-state index in [1.54, 1.807) is 6.20 Å². The van der Waals surface area contributed by atoms with Gasteiger partial charge in [-0.25, -0.2) is 9.97 Å². The van der Waals surface area contributed by atoms with E-state index in [2.05, 4.69) is 20.2 Å². The maximum atomic E-state index is 11.6. The quantitative estimate of drug-likeness (QED) is 0.904. The van der Waals surface area contributed by atoms with Crippen LogP contribution in [0.4, 0.5) is 17.3 Å². The van der Waals surface area contributed by atoms with Gasteiger partial charge in [-0.05, 0) is 31.4 Å². The second-order valence-electron chi connectivity index (χ2n) is 5.33. The molecule has 0 atom stereocenters. The zero-order chi connectivity index (χ0) is 15.4. The summed E-state index contributed by atoms with van der Waals surface area (Å²) < 4.78 is 0. The van der Waals surface area contributed by atoms with Gasteiger partial charge in [0.05, 0.1) is 6.20 Å². The van der Waals surface area contributed by atoms with Crippen LogP contribution in [0.25, 0.3) is 0 Å². The van der Waals surface area contributed by atoms with Crippen molar-refractivity contribution in [3.8, 4) is 0 Å². The Labute approximate surface area is 129 Å². The van der Waals surface area contributed by atoms with Gasteiger partial charge in [-0.2, -0.15) is 0 Å². The highest BCUT2D eigenvalue weighted by Crippen LogP contribution is 2.22. The topological polar surface area (TPSA) is 84.1 Å². The first-order valence-electron chi connectivity index (χ1n) is 7.48. The molecule has 1 aromatic carbocycles. The highest BCUT2D eigenvalue weighted by Gasteiger charge is 2.17. The summed E-state index contributed by atoms with van der Waals surface area (Å²) in [5, 5.41) is 3.13. The fourth-order valence-corrected chi connectivity index (χ4v) is 2.58. The lowest BCUT2D eigenvalue weighted by Crippen LogP contribution is -2.30. The van der Waals surface area contributed by atoms with Gasteiger partial charge in [0, 0.05) is 18.8 Å². The van der Waals surface area contributed by atoms with E-state index in [1.165, 1.54) is 6.42 Å². The number of aromatic nitrogens is 2. The van der Waals surface area contributed by atoms with Crippen molar-refractivity contribution in [2.24, 2.45) is 5.73 Å². The smallest absolute Gasteiger partial charge is 0.271 e. The molecule has 0 spiro atoms. The van der Waals surface area contributed by atoms with E-state index in [-0.39, 0.29) is 5.69 Å². The van der Waals surface area contributed by atoms with E-state index in [1.807, 2.05) is 30.3 Å². The largest absolute Gasteiger partial charge is 0.364 e. The number of hydrogen-bond acceptors (Lipinski definition) is 5. The average molecular weight is 297 g/mol. The lowest BCUT2D eigenvalue weighted by Gasteiger charge is -2.27. The van der Waals surface area contributed by atoms with Crippen LogP contribution >= 0.6 is 0 Å². The summed E-state index contributed by atoms with van der Waals surface area (Å²) in [7, 11) is 0. The Morgan fingerprint density at radius 3 is 2.55 bits per heavy atom. The molecule has 1 aliphatic rings. The van der Waals surface area contributed by atoms with Crippen LogP contribution in [0.15, 0.2) is 36.5 Å². The predicted molar refractivity (Wildman–Crippen MR) is 86.3 cm³/mol. The molecule has 2 heterocycles. The summed E-state index contributed by atoms with van der Waals surface area (Å²) in [6.45, 7) is 1.94. The molecule has 6 nitrogen and oxygen atoms in total. The fourth-order valence-electron chi connectivity index (χ4n) is 2.58. The van der Waals surface area contributed by atoms with Crippen molar-refractivity contribution in [3.05, 3.63) is 42.2 Å². The summed E-state index contributed by atoms with van der Waals surface area (Å²) in [5.41, 5.74) is 6.40. The van der Waals surface area contributed by atoms with Crippen LogP contribution in [0, 0.1) is 0 Å². The van der Waals surface area contributed by atoms with Crippen LogP contribution in [0.1, 0.15) is 29.8 Å². The molecule has 0 aliphatic carbocycles. The van der Waals surface area contributed by atoms with Crippen molar-refractivity contribution in [2.45, 2.75) is 19.3 Å². The second kappa shape index (κ2) is 6.43. The molecule has 1 amide bonds. The van der Waals surface area contributed by atoms with Crippen LogP contribution in [-0.4, -0.2) is 29.0 Å². The van der Waals surface area contributed by atoms with Crippen LogP contribution in [0.3, 0.4) is 0 Å². The van der Waals surface area contributed by atoms with Gasteiger partial charge in [-0.15, -0.1) is 0 Å². The molecule has 1 saturated heterocycles. The molecule has 1 aliphatic heterocycles. The highest BCUT2D eigenvalue weighted by molar-refractivity contribution is 5.96. The summed E-state index contributed by atoms with van der Waals surface area (Å²) in [6.07, 6.45) is 5.18. The molecule has 0 unspecified atom stereocenters. The zero-order valence-electron chi connectivity index (χ0n) is 12.3. The number of piperidine rings is 1. The molecule has 6 heteroatoms. The van der Waals surface area contributed by atoms with Crippen molar-refractivity contribution in [1.82, 2.24) is 9.97 Å². The van der Waals surface area contributed by atoms with Gasteiger partial charge in [0.25, 0.3) is 5.91 Å². The van der Waals surface area contributed by atoms with Gasteiger partial charge in [0.1, 0.15) is 5.82 Å². The SMILES string of the molecule is NC(=O)c1ncc(N2CCCCC2)nc1Nc1ccccc1. The maximum absolute atomic E-state index is 11.6. The van der Waals surface area contributed by atoms with E-state index in [9.17, 15) is 4.79 Å². The van der Waals surface area contributed by atoms with E-state index in [0.29, 0.717) is 5.82 Å². The Bertz CT molecular complexity index is 653. The molecular weight excluding hydrogens is 278 g/mol. The van der Waals surface area contributed by atoms with E-state index < -0.39 is 5.91 Å². The number of carbonyl (C=O) groups excluding carboxylic acids is 1. The number of primary amides is 1. The Balaban J connectivity index is 1.92. The number of benzene rings is 1. The summed E-state index contributed by atoms with van der Waals surface area (Å²) in [6, 6.07) is 9.55. The molecular formula is C16H19N5O. The number of nitrogens with zero attached hydrogens (tertiary/aromatic N) is 3. The minimum atomic E-state index is -0.587. The van der Waals surface area contributed by atoms with Crippen molar-refractivity contribution in [3.63, 3.8) is 0 Å². The van der Waals surface area contributed by atoms with Crippen LogP contribution in [0.2, 0.25) is 0 Å². The van der Waals surface area contributed by atoms with Crippen LogP contribution < -0.4 is 16.0 Å². The van der Waals surface area contributed by atoms with Gasteiger partial charge >= 0.3 is 0 Å². The van der Waals surface area contributed by atoms with E-state index in [0.717, 1.165) is 37.4 Å². The molecule has 2 aromatic rings. The average Bonchev–Trinajstić information content (AvgIpc) is 2.56. The Hall–Kier alpha value is -2.63. The normalized spacial score (nSPS) is 14.6. The zero-order valence-corrected chi connectivity index (χ0v) is 12.3. The Morgan fingerprint density at radius 2 is 1.86 bits per heavy atom. The minimum Gasteiger partial charge on any atom is -0.364 e. The number of para-hydroxylation sites is 1. The third-order valence-electron chi connectivity index (χ3n) is 3.71. The van der Waals surface area contributed by atoms with E-state index in [4.69, 9.17) is 5.73 Å². The van der Waals surface area contributed by atoms with Gasteiger partial charge in [-0.1, -0.05) is 18.2 Å². The molecule has 1 fully saturated rings. The molecule has 0 saturated carbocycles. The molecule has 22 heavy (non-hydrogen) atoms. The molecule has 3 rings (SSSR count). The number of rotatable bonds is 4. The number of nitrogens with one attached hydrogen (secondary N) is 1. The van der Waals surface area contributed by atoms with Gasteiger partial charge < -0.3 is 16.0 Å². The van der Waals surface area contributed by atoms with Gasteiger partial charge in [0.15, 0.2) is 11.5 Å². The number of carbonyl (C=O) groups is 1. The van der Waals surface area contributed by atoms with Gasteiger partial charge in [-0.3, -0.25) is 4.79 Å². The third kappa shape index (κ3) is 3.16. The highest BCUT2D eigenvalue weighted by atomic mass is 16.1. The number of hydrogen-bond donors (Lipinski definition) is 2. The van der Waals surface area contributed by atoms with Crippen LogP contribution in [0.5, 0.6) is 0 Å². The Morgan fingerprint density at radius 1 is 1.14 bits per heavy atom. The summed E-state index contributed by atoms with van der Waals surface area (Å²) in [4.78, 5) is 22.5. The molecule has 0 radical (unpaired) electrons. The number of amides is 1. The minimum absolute atomic E-state index is 0.157. The maximum Gasteiger partial charge on any atom is 0.271 e. The summed E-state index contributed by atoms with van der Waals surface area (Å²) in [5.74, 6) is 0.598. The standard InChI is InChI=1S/C16H19N5O/c17-15(22)14-16(19-12-7-3-1-4-8-12)20-13(11-18-14)21-9-5-2-6-10-21/h1,3-4,7-8,11H,2,5-6,9-10H2,(H2,17,22)(H,19,20). The first kappa shape index (κ1) is 14.3. The predicted octanol–water partition coefficient (Wildman–Crippen LogP) is 2.31. The first-order chi connectivity index (χ1) is 10.7. The van der Waals surface area contributed by atoms with Gasteiger partial charge in [0.2, 0.25) is 0 Å². The van der Waals surface area contributed by atoms with Crippen LogP contribution in [-0.2, 0) is 0 Å².